The highest BCUT2D eigenvalue weighted by atomic mass is 16.8. The van der Waals surface area contributed by atoms with Crippen LogP contribution in [0.5, 0.6) is 23.0 Å². The number of imide groups is 1. The van der Waals surface area contributed by atoms with Gasteiger partial charge in [0.25, 0.3) is 18.1 Å². The van der Waals surface area contributed by atoms with Gasteiger partial charge >= 0.3 is 12.1 Å². The van der Waals surface area contributed by atoms with Crippen molar-refractivity contribution in [3.8, 4) is 23.0 Å². The Bertz CT molecular complexity index is 3260. The standard InChI is InChI=1S/C66H82N6O20/c1-38(2)58(71-52(77)18-10-7-11-31-72-53(78)27-28-54(72)79)47(75)32-41(16-12-29-68-63(67)82)60(81)70-43-23-19-39(20-24-43)36-89-64(83)69-30-13-17-46(74)55-56(40-14-8-6-9-15-40)66(42-21-25-44(85-3)26-22-42)65(84,59(55)80)57-49(86-4)33-45(34-50(57)92-66)90-62-61(87-5)88-37-51(91-62)48(76)35-73/h6,8-9,14-15,19-28,33-34,38,41,48,51,55-56,58-59,61-62,73,76,80,84H,7,10-13,16-18,29-32,35-37H2,1-5H3,(H,69,83)(H,70,81)(H,71,77)(H3,67,68,82)/t41-,48-,51-,55-,56-,58+,59-,61-,62-,65+,66+/m1/s1. The lowest BCUT2D eigenvalue weighted by Gasteiger charge is -2.41. The zero-order chi connectivity index (χ0) is 66.3. The molecule has 3 heterocycles. The Kier molecular flexibility index (Phi) is 23.9. The summed E-state index contributed by atoms with van der Waals surface area (Å²) in [5.74, 6) is -5.27. The first kappa shape index (κ1) is 69.4. The average molecular weight is 1280 g/mol. The Balaban J connectivity index is 0.885. The number of carbonyl (C=O) groups excluding carboxylic acids is 8. The van der Waals surface area contributed by atoms with E-state index in [9.17, 15) is 58.8 Å². The molecule has 1 saturated heterocycles. The van der Waals surface area contributed by atoms with E-state index in [1.165, 1.54) is 45.6 Å². The number of unbranched alkanes of at least 4 members (excludes halogenated alkanes) is 2. The number of nitrogens with one attached hydrogen (secondary N) is 4. The van der Waals surface area contributed by atoms with Gasteiger partial charge in [-0.2, -0.15) is 0 Å². The summed E-state index contributed by atoms with van der Waals surface area (Å²) in [5, 5.41) is 57.2. The molecule has 0 unspecified atom stereocenters. The van der Waals surface area contributed by atoms with Crippen LogP contribution in [-0.4, -0.2) is 164 Å². The highest BCUT2D eigenvalue weighted by Gasteiger charge is 2.78. The van der Waals surface area contributed by atoms with Gasteiger partial charge in [0.05, 0.1) is 45.0 Å². The molecule has 0 radical (unpaired) electrons. The van der Waals surface area contributed by atoms with Crippen molar-refractivity contribution in [2.45, 2.75) is 132 Å². The number of methoxy groups -OCH3 is 3. The van der Waals surface area contributed by atoms with Crippen molar-refractivity contribution in [1.82, 2.24) is 20.9 Å². The minimum atomic E-state index is -2.39. The number of hydrogen-bond acceptors (Lipinski definition) is 20. The summed E-state index contributed by atoms with van der Waals surface area (Å²) in [6.45, 7) is 3.06. The van der Waals surface area contributed by atoms with Gasteiger partial charge in [-0.25, -0.2) is 9.59 Å². The van der Waals surface area contributed by atoms with Crippen LogP contribution < -0.4 is 45.9 Å². The van der Waals surface area contributed by atoms with Gasteiger partial charge in [-0.05, 0) is 79.0 Å². The molecule has 0 spiro atoms. The molecular weight excluding hydrogens is 1200 g/mol. The fourth-order valence-corrected chi connectivity index (χ4v) is 12.3. The van der Waals surface area contributed by atoms with Gasteiger partial charge in [-0.3, -0.25) is 33.7 Å². The molecule has 26 heteroatoms. The third kappa shape index (κ3) is 15.9. The Morgan fingerprint density at radius 2 is 1.52 bits per heavy atom. The van der Waals surface area contributed by atoms with Crippen molar-refractivity contribution in [2.75, 3.05) is 59.5 Å². The molecule has 1 aliphatic carbocycles. The minimum Gasteiger partial charge on any atom is -0.497 e. The minimum absolute atomic E-state index is 0.0166. The normalized spacial score (nSPS) is 23.1. The first-order valence-electron chi connectivity index (χ1n) is 30.7. The Hall–Kier alpha value is -8.50. The van der Waals surface area contributed by atoms with Crippen LogP contribution >= 0.6 is 0 Å². The van der Waals surface area contributed by atoms with Crippen LogP contribution in [0.15, 0.2) is 103 Å². The molecule has 4 aliphatic rings. The van der Waals surface area contributed by atoms with Crippen molar-refractivity contribution < 1.29 is 96.7 Å². The Morgan fingerprint density at radius 1 is 0.815 bits per heavy atom. The van der Waals surface area contributed by atoms with Crippen LogP contribution in [0.1, 0.15) is 99.8 Å². The summed E-state index contributed by atoms with van der Waals surface area (Å²) in [7, 11) is 4.23. The molecule has 496 valence electrons. The second-order valence-electron chi connectivity index (χ2n) is 23.4. The van der Waals surface area contributed by atoms with Gasteiger partial charge in [-0.1, -0.05) is 74.9 Å². The second-order valence-corrected chi connectivity index (χ2v) is 23.4. The van der Waals surface area contributed by atoms with Crippen molar-refractivity contribution in [2.24, 2.45) is 23.5 Å². The lowest BCUT2D eigenvalue weighted by Crippen LogP contribution is -2.52. The van der Waals surface area contributed by atoms with E-state index in [2.05, 4.69) is 21.3 Å². The summed E-state index contributed by atoms with van der Waals surface area (Å²) in [5.41, 5.74) is 2.84. The van der Waals surface area contributed by atoms with Crippen molar-refractivity contribution in [1.29, 1.82) is 0 Å². The van der Waals surface area contributed by atoms with Gasteiger partial charge in [0.1, 0.15) is 53.7 Å². The number of amides is 7. The number of ether oxygens (including phenoxy) is 8. The predicted octanol–water partition coefficient (Wildman–Crippen LogP) is 4.26. The summed E-state index contributed by atoms with van der Waals surface area (Å²) < 4.78 is 47.3. The summed E-state index contributed by atoms with van der Waals surface area (Å²) >= 11 is 0. The van der Waals surface area contributed by atoms with Crippen molar-refractivity contribution in [3.05, 3.63) is 125 Å². The second kappa shape index (κ2) is 31.7. The highest BCUT2D eigenvalue weighted by Crippen LogP contribution is 2.70. The monoisotopic (exact) mass is 1280 g/mol. The van der Waals surface area contributed by atoms with Crippen LogP contribution in [0.4, 0.5) is 15.3 Å². The number of alkyl carbamates (subject to hydrolysis) is 1. The van der Waals surface area contributed by atoms with Crippen LogP contribution in [-0.2, 0) is 65.5 Å². The number of nitrogens with zero attached hydrogens (tertiary/aromatic N) is 1. The molecule has 0 aromatic heterocycles. The number of aliphatic hydroxyl groups is 4. The lowest BCUT2D eigenvalue weighted by molar-refractivity contribution is -0.324. The Morgan fingerprint density at radius 3 is 2.17 bits per heavy atom. The largest absolute Gasteiger partial charge is 0.497 e. The maximum absolute atomic E-state index is 14.9. The first-order chi connectivity index (χ1) is 44.2. The molecule has 2 fully saturated rings. The molecule has 10 N–H and O–H groups in total. The smallest absolute Gasteiger partial charge is 0.407 e. The lowest BCUT2D eigenvalue weighted by atomic mass is 9.70. The highest BCUT2D eigenvalue weighted by molar-refractivity contribution is 6.12. The summed E-state index contributed by atoms with van der Waals surface area (Å²) in [4.78, 5) is 105. The van der Waals surface area contributed by atoms with E-state index in [-0.39, 0.29) is 117 Å². The number of urea groups is 1. The fourth-order valence-electron chi connectivity index (χ4n) is 12.3. The molecule has 4 aromatic rings. The van der Waals surface area contributed by atoms with Crippen LogP contribution in [0.2, 0.25) is 0 Å². The van der Waals surface area contributed by atoms with Gasteiger partial charge in [0.15, 0.2) is 17.0 Å². The number of aliphatic hydroxyl groups excluding tert-OH is 3. The third-order valence-corrected chi connectivity index (χ3v) is 17.0. The average Bonchev–Trinajstić information content (AvgIpc) is 1.49. The Labute approximate surface area is 532 Å². The number of fused-ring (bicyclic) bond motifs is 3. The van der Waals surface area contributed by atoms with E-state index < -0.39 is 96.3 Å². The maximum atomic E-state index is 14.9. The molecule has 3 aliphatic heterocycles. The molecule has 0 bridgehead atoms. The number of rotatable bonds is 33. The van der Waals surface area contributed by atoms with Crippen LogP contribution in [0, 0.1) is 17.8 Å². The fraction of sp³-hybridized carbons (Fsp3) is 0.485. The van der Waals surface area contributed by atoms with E-state index in [1.807, 2.05) is 0 Å². The number of carbonyl (C=O) groups is 8. The SMILES string of the molecule is COc1ccc([C@@]23Oc4cc(O[C@@H]5O[C@@H]([C@H](O)CO)CO[C@H]5OC)cc(OC)c4[C@]2(O)[C@H](O)[C@H](C(=O)CCCNC(=O)OCc2ccc(NC(=O)[C@H](CCCNC(N)=O)CC(=O)[C@@H](NC(=O)CCCCCN4C(=O)C=CC4=O)C(C)C)cc2)[C@H]3c2ccccc2)cc1. The van der Waals surface area contributed by atoms with E-state index >= 15 is 0 Å². The number of ketones is 2. The molecule has 26 nitrogen and oxygen atoms in total. The number of nitrogens with two attached hydrogens (primary N) is 1. The van der Waals surface area contributed by atoms with E-state index in [0.717, 1.165) is 4.90 Å². The number of benzene rings is 4. The number of hydrogen-bond donors (Lipinski definition) is 9. The van der Waals surface area contributed by atoms with E-state index in [1.54, 1.807) is 92.7 Å². The summed E-state index contributed by atoms with van der Waals surface area (Å²) in [6, 6.07) is 23.4. The zero-order valence-electron chi connectivity index (χ0n) is 52.0. The predicted molar refractivity (Wildman–Crippen MR) is 329 cm³/mol. The van der Waals surface area contributed by atoms with Gasteiger partial charge in [0, 0.05) is 87.8 Å². The van der Waals surface area contributed by atoms with Gasteiger partial charge in [0.2, 0.25) is 18.1 Å². The topological polar surface area (TPSA) is 369 Å². The molecule has 11 atom stereocenters. The van der Waals surface area contributed by atoms with Crippen LogP contribution in [0.25, 0.3) is 0 Å². The third-order valence-electron chi connectivity index (χ3n) is 17.0. The number of Topliss-reactive ketones (excluding diaryl/α,β-unsaturated/α-hetero) is 2. The molecular formula is C66H82N6O20. The molecule has 1 saturated carbocycles. The first-order valence-corrected chi connectivity index (χ1v) is 30.7. The molecule has 4 aromatic carbocycles. The van der Waals surface area contributed by atoms with Crippen LogP contribution in [0.3, 0.4) is 0 Å². The quantitative estimate of drug-likeness (QED) is 0.0238. The number of anilines is 1. The van der Waals surface area contributed by atoms with Crippen molar-refractivity contribution >= 4 is 53.0 Å². The van der Waals surface area contributed by atoms with Gasteiger partial charge < -0.3 is 85.3 Å². The van der Waals surface area contributed by atoms with Gasteiger partial charge in [-0.15, -0.1) is 0 Å². The van der Waals surface area contributed by atoms with Crippen molar-refractivity contribution in [3.63, 3.8) is 0 Å². The number of primary amides is 1. The molecule has 7 amide bonds. The molecule has 92 heavy (non-hydrogen) atoms. The van der Waals surface area contributed by atoms with E-state index in [4.69, 9.17) is 43.6 Å². The maximum Gasteiger partial charge on any atom is 0.407 e. The van der Waals surface area contributed by atoms with E-state index in [0.29, 0.717) is 53.8 Å². The zero-order valence-corrected chi connectivity index (χ0v) is 52.0. The molecule has 8 rings (SSSR count). The summed E-state index contributed by atoms with van der Waals surface area (Å²) in [6.07, 6.45) is -2.90.